The molecule has 0 spiro atoms. The summed E-state index contributed by atoms with van der Waals surface area (Å²) in [5.41, 5.74) is 6.09. The van der Waals surface area contributed by atoms with E-state index in [1.54, 1.807) is 0 Å². The van der Waals surface area contributed by atoms with Crippen molar-refractivity contribution in [3.05, 3.63) is 12.2 Å². The number of nitrogens with one attached hydrogen (secondary N) is 1. The Morgan fingerprint density at radius 1 is 1.64 bits per heavy atom. The lowest BCUT2D eigenvalue weighted by atomic mass is 10.2. The van der Waals surface area contributed by atoms with Crippen molar-refractivity contribution in [2.45, 2.75) is 19.8 Å². The fourth-order valence-electron chi connectivity index (χ4n) is 0.602. The maximum Gasteiger partial charge on any atom is 0.218 e. The lowest BCUT2D eigenvalue weighted by Crippen LogP contribution is -2.23. The Bertz CT molecular complexity index is 143. The van der Waals surface area contributed by atoms with Gasteiger partial charge in [0.1, 0.15) is 0 Å². The lowest BCUT2D eigenvalue weighted by Gasteiger charge is -2.03. The predicted molar refractivity (Wildman–Crippen MR) is 46.1 cm³/mol. The van der Waals surface area contributed by atoms with Gasteiger partial charge in [0.05, 0.1) is 0 Å². The average Bonchev–Trinajstić information content (AvgIpc) is 1.97. The number of amides is 1. The quantitative estimate of drug-likeness (QED) is 0.432. The Hall–Kier alpha value is -0.830. The number of hydrogen-bond donors (Lipinski definition) is 2. The van der Waals surface area contributed by atoms with Gasteiger partial charge in [0, 0.05) is 19.5 Å². The first-order valence-electron chi connectivity index (χ1n) is 3.82. The molecular formula is C8H16N2O. The van der Waals surface area contributed by atoms with Crippen LogP contribution in [0.1, 0.15) is 19.8 Å². The standard InChI is InChI=1S/C8H16N2O/c1-3-7(2)6-10-5-4-8(9)11/h10H,2-6H2,1H3,(H2,9,11). The van der Waals surface area contributed by atoms with Gasteiger partial charge in [-0.3, -0.25) is 4.79 Å². The largest absolute Gasteiger partial charge is 0.370 e. The molecule has 0 unspecified atom stereocenters. The van der Waals surface area contributed by atoms with Crippen LogP contribution in [-0.4, -0.2) is 19.0 Å². The summed E-state index contributed by atoms with van der Waals surface area (Å²) < 4.78 is 0. The zero-order valence-corrected chi connectivity index (χ0v) is 7.02. The van der Waals surface area contributed by atoms with Gasteiger partial charge in [0.2, 0.25) is 5.91 Å². The third kappa shape index (κ3) is 7.06. The number of primary amides is 1. The number of carbonyl (C=O) groups is 1. The lowest BCUT2D eigenvalue weighted by molar-refractivity contribution is -0.117. The molecule has 0 rings (SSSR count). The van der Waals surface area contributed by atoms with Crippen LogP contribution >= 0.6 is 0 Å². The summed E-state index contributed by atoms with van der Waals surface area (Å²) in [5.74, 6) is -0.264. The van der Waals surface area contributed by atoms with Gasteiger partial charge in [-0.2, -0.15) is 0 Å². The molecule has 0 saturated carbocycles. The number of rotatable bonds is 6. The molecule has 0 aliphatic rings. The second-order valence-electron chi connectivity index (χ2n) is 2.50. The SMILES string of the molecule is C=C(CC)CNCCC(N)=O. The molecule has 0 radical (unpaired) electrons. The molecule has 3 N–H and O–H groups in total. The summed E-state index contributed by atoms with van der Waals surface area (Å²) in [5, 5.41) is 3.07. The summed E-state index contributed by atoms with van der Waals surface area (Å²) in [6.45, 7) is 7.29. The maximum atomic E-state index is 10.3. The third-order valence-electron chi connectivity index (χ3n) is 1.42. The van der Waals surface area contributed by atoms with E-state index in [0.717, 1.165) is 18.5 Å². The van der Waals surface area contributed by atoms with Crippen molar-refractivity contribution < 1.29 is 4.79 Å². The molecule has 0 bridgehead atoms. The van der Waals surface area contributed by atoms with Crippen LogP contribution in [0.2, 0.25) is 0 Å². The minimum absolute atomic E-state index is 0.264. The predicted octanol–water partition coefficient (Wildman–Crippen LogP) is 0.418. The Morgan fingerprint density at radius 3 is 2.73 bits per heavy atom. The van der Waals surface area contributed by atoms with Crippen LogP contribution in [-0.2, 0) is 4.79 Å². The third-order valence-corrected chi connectivity index (χ3v) is 1.42. The Balaban J connectivity index is 3.14. The fraction of sp³-hybridized carbons (Fsp3) is 0.625. The molecule has 0 aliphatic carbocycles. The molecule has 0 saturated heterocycles. The highest BCUT2D eigenvalue weighted by atomic mass is 16.1. The van der Waals surface area contributed by atoms with Gasteiger partial charge in [0.25, 0.3) is 0 Å². The molecule has 0 heterocycles. The summed E-state index contributed by atoms with van der Waals surface area (Å²) in [6.07, 6.45) is 1.38. The minimum Gasteiger partial charge on any atom is -0.370 e. The first-order chi connectivity index (χ1) is 5.16. The van der Waals surface area contributed by atoms with Crippen LogP contribution < -0.4 is 11.1 Å². The van der Waals surface area contributed by atoms with Crippen molar-refractivity contribution in [2.75, 3.05) is 13.1 Å². The number of hydrogen-bond acceptors (Lipinski definition) is 2. The summed E-state index contributed by atoms with van der Waals surface area (Å²) in [6, 6.07) is 0. The second-order valence-corrected chi connectivity index (χ2v) is 2.50. The van der Waals surface area contributed by atoms with E-state index < -0.39 is 0 Å². The Morgan fingerprint density at radius 2 is 2.27 bits per heavy atom. The van der Waals surface area contributed by atoms with Crippen molar-refractivity contribution in [2.24, 2.45) is 5.73 Å². The highest BCUT2D eigenvalue weighted by Gasteiger charge is 1.93. The summed E-state index contributed by atoms with van der Waals surface area (Å²) in [4.78, 5) is 10.3. The monoisotopic (exact) mass is 156 g/mol. The van der Waals surface area contributed by atoms with Crippen LogP contribution in [0, 0.1) is 0 Å². The van der Waals surface area contributed by atoms with Crippen molar-refractivity contribution in [3.8, 4) is 0 Å². The van der Waals surface area contributed by atoms with E-state index in [2.05, 4.69) is 18.8 Å². The van der Waals surface area contributed by atoms with E-state index in [1.165, 1.54) is 0 Å². The minimum atomic E-state index is -0.264. The van der Waals surface area contributed by atoms with Gasteiger partial charge < -0.3 is 11.1 Å². The molecule has 0 aromatic carbocycles. The van der Waals surface area contributed by atoms with E-state index in [9.17, 15) is 4.79 Å². The molecule has 0 aliphatic heterocycles. The normalized spacial score (nSPS) is 9.55. The fourth-order valence-corrected chi connectivity index (χ4v) is 0.602. The Labute approximate surface area is 67.7 Å². The Kier molecular flexibility index (Phi) is 5.47. The highest BCUT2D eigenvalue weighted by Crippen LogP contribution is 1.92. The highest BCUT2D eigenvalue weighted by molar-refractivity contribution is 5.73. The molecule has 0 atom stereocenters. The van der Waals surface area contributed by atoms with Crippen LogP contribution in [0.25, 0.3) is 0 Å². The zero-order valence-electron chi connectivity index (χ0n) is 7.02. The summed E-state index contributed by atoms with van der Waals surface area (Å²) >= 11 is 0. The van der Waals surface area contributed by atoms with Crippen molar-refractivity contribution in [1.82, 2.24) is 5.32 Å². The van der Waals surface area contributed by atoms with Crippen molar-refractivity contribution in [1.29, 1.82) is 0 Å². The summed E-state index contributed by atoms with van der Waals surface area (Å²) in [7, 11) is 0. The zero-order chi connectivity index (χ0) is 8.69. The van der Waals surface area contributed by atoms with Gasteiger partial charge in [-0.1, -0.05) is 19.1 Å². The van der Waals surface area contributed by atoms with Crippen LogP contribution in [0.5, 0.6) is 0 Å². The number of carbonyl (C=O) groups excluding carboxylic acids is 1. The van der Waals surface area contributed by atoms with E-state index in [1.807, 2.05) is 0 Å². The second kappa shape index (κ2) is 5.92. The van der Waals surface area contributed by atoms with E-state index >= 15 is 0 Å². The molecule has 64 valence electrons. The topological polar surface area (TPSA) is 55.1 Å². The molecular weight excluding hydrogens is 140 g/mol. The van der Waals surface area contributed by atoms with Gasteiger partial charge >= 0.3 is 0 Å². The first kappa shape index (κ1) is 10.2. The van der Waals surface area contributed by atoms with Gasteiger partial charge in [0.15, 0.2) is 0 Å². The van der Waals surface area contributed by atoms with Crippen LogP contribution in [0.4, 0.5) is 0 Å². The van der Waals surface area contributed by atoms with Gasteiger partial charge in [-0.05, 0) is 6.42 Å². The van der Waals surface area contributed by atoms with Gasteiger partial charge in [-0.15, -0.1) is 0 Å². The van der Waals surface area contributed by atoms with E-state index in [4.69, 9.17) is 5.73 Å². The maximum absolute atomic E-state index is 10.3. The van der Waals surface area contributed by atoms with Crippen LogP contribution in [0.3, 0.4) is 0 Å². The number of nitrogens with two attached hydrogens (primary N) is 1. The van der Waals surface area contributed by atoms with Crippen LogP contribution in [0.15, 0.2) is 12.2 Å². The average molecular weight is 156 g/mol. The molecule has 0 aromatic rings. The van der Waals surface area contributed by atoms with Gasteiger partial charge in [-0.25, -0.2) is 0 Å². The molecule has 3 nitrogen and oxygen atoms in total. The van der Waals surface area contributed by atoms with Crippen molar-refractivity contribution >= 4 is 5.91 Å². The molecule has 1 amide bonds. The molecule has 0 aromatic heterocycles. The first-order valence-corrected chi connectivity index (χ1v) is 3.82. The molecule has 3 heteroatoms. The molecule has 0 fully saturated rings. The van der Waals surface area contributed by atoms with E-state index in [-0.39, 0.29) is 5.91 Å². The molecule has 11 heavy (non-hydrogen) atoms. The van der Waals surface area contributed by atoms with E-state index in [0.29, 0.717) is 13.0 Å². The smallest absolute Gasteiger partial charge is 0.218 e. The van der Waals surface area contributed by atoms with Crippen molar-refractivity contribution in [3.63, 3.8) is 0 Å².